The quantitative estimate of drug-likeness (QED) is 0.478. The number of aromatic nitrogens is 6. The van der Waals surface area contributed by atoms with Crippen LogP contribution in [-0.2, 0) is 13.0 Å². The van der Waals surface area contributed by atoms with Crippen molar-refractivity contribution in [3.05, 3.63) is 41.7 Å². The number of benzene rings is 1. The molecule has 3 heterocycles. The van der Waals surface area contributed by atoms with E-state index in [1.54, 1.807) is 20.0 Å². The number of nitrogens with two attached hydrogens (primary N) is 1. The van der Waals surface area contributed by atoms with Crippen LogP contribution in [-0.4, -0.2) is 47.2 Å². The normalized spacial score (nSPS) is 12.2. The predicted molar refractivity (Wildman–Crippen MR) is 110 cm³/mol. The minimum Gasteiger partial charge on any atom is -0.494 e. The summed E-state index contributed by atoms with van der Waals surface area (Å²) in [5.74, 6) is 0.500. The van der Waals surface area contributed by atoms with Crippen LogP contribution in [0.5, 0.6) is 5.75 Å². The summed E-state index contributed by atoms with van der Waals surface area (Å²) in [7, 11) is 1.45. The first-order chi connectivity index (χ1) is 14.2. The standard InChI is InChI=1S/C20H24FN7O2/c1-20(2,29)5-4-6-27-11-12(10-23-27)7-16-24-18-14-8-13(21)9-15(30-3)17(14)25-19(22)28(18)26-16/h8-11,29H,4-7H2,1-3H3,(H2,22,25). The van der Waals surface area contributed by atoms with E-state index < -0.39 is 11.4 Å². The molecule has 0 radical (unpaired) electrons. The number of aryl methyl sites for hydroxylation is 1. The van der Waals surface area contributed by atoms with Crippen LogP contribution in [0.4, 0.5) is 10.3 Å². The molecule has 0 bridgehead atoms. The molecule has 1 aromatic carbocycles. The molecule has 3 aromatic heterocycles. The highest BCUT2D eigenvalue weighted by Gasteiger charge is 2.17. The summed E-state index contributed by atoms with van der Waals surface area (Å²) in [6.45, 7) is 4.30. The van der Waals surface area contributed by atoms with E-state index >= 15 is 0 Å². The molecule has 0 atom stereocenters. The van der Waals surface area contributed by atoms with Crippen LogP contribution in [0.1, 0.15) is 38.1 Å². The lowest BCUT2D eigenvalue weighted by atomic mass is 10.0. The summed E-state index contributed by atoms with van der Waals surface area (Å²) < 4.78 is 22.5. The van der Waals surface area contributed by atoms with Gasteiger partial charge in [0.15, 0.2) is 11.5 Å². The van der Waals surface area contributed by atoms with Crippen molar-refractivity contribution in [2.24, 2.45) is 0 Å². The van der Waals surface area contributed by atoms with Gasteiger partial charge in [0.1, 0.15) is 17.1 Å². The van der Waals surface area contributed by atoms with Crippen LogP contribution in [0, 0.1) is 5.82 Å². The van der Waals surface area contributed by atoms with E-state index in [1.165, 1.54) is 23.8 Å². The van der Waals surface area contributed by atoms with Crippen molar-refractivity contribution < 1.29 is 14.2 Å². The maximum atomic E-state index is 14.0. The predicted octanol–water partition coefficient (Wildman–Crippen LogP) is 2.35. The number of aliphatic hydroxyl groups is 1. The molecule has 4 rings (SSSR count). The number of nitrogens with zero attached hydrogens (tertiary/aromatic N) is 6. The fraction of sp³-hybridized carbons (Fsp3) is 0.400. The van der Waals surface area contributed by atoms with E-state index in [9.17, 15) is 9.50 Å². The molecule has 0 saturated heterocycles. The lowest BCUT2D eigenvalue weighted by molar-refractivity contribution is 0.0672. The van der Waals surface area contributed by atoms with Gasteiger partial charge in [0, 0.05) is 25.2 Å². The molecule has 0 aliphatic rings. The molecule has 158 valence electrons. The first kappa shape index (κ1) is 20.0. The SMILES string of the molecule is COc1cc(F)cc2c1nc(N)n1nc(Cc3cnn(CCCC(C)(C)O)c3)nc21. The van der Waals surface area contributed by atoms with Gasteiger partial charge in [0.05, 0.1) is 24.3 Å². The van der Waals surface area contributed by atoms with Gasteiger partial charge in [0.25, 0.3) is 0 Å². The molecule has 0 aliphatic carbocycles. The van der Waals surface area contributed by atoms with Crippen LogP contribution in [0.2, 0.25) is 0 Å². The van der Waals surface area contributed by atoms with Gasteiger partial charge < -0.3 is 15.6 Å². The minimum absolute atomic E-state index is 0.142. The molecule has 3 N–H and O–H groups in total. The van der Waals surface area contributed by atoms with Gasteiger partial charge in [-0.2, -0.15) is 9.61 Å². The molecule has 0 spiro atoms. The Kier molecular flexibility index (Phi) is 5.02. The Balaban J connectivity index is 1.61. The Labute approximate surface area is 172 Å². The van der Waals surface area contributed by atoms with E-state index in [2.05, 4.69) is 20.2 Å². The summed E-state index contributed by atoms with van der Waals surface area (Å²) >= 11 is 0. The van der Waals surface area contributed by atoms with E-state index in [0.717, 1.165) is 12.0 Å². The second-order valence-electron chi connectivity index (χ2n) is 7.94. The van der Waals surface area contributed by atoms with Crippen LogP contribution >= 0.6 is 0 Å². The number of halogens is 1. The second-order valence-corrected chi connectivity index (χ2v) is 7.94. The molecular weight excluding hydrogens is 389 g/mol. The molecule has 4 aromatic rings. The number of anilines is 1. The smallest absolute Gasteiger partial charge is 0.223 e. The molecular formula is C20H24FN7O2. The lowest BCUT2D eigenvalue weighted by Gasteiger charge is -2.16. The largest absolute Gasteiger partial charge is 0.494 e. The Bertz CT molecular complexity index is 1210. The molecule has 0 unspecified atom stereocenters. The summed E-state index contributed by atoms with van der Waals surface area (Å²) in [6, 6.07) is 2.60. The summed E-state index contributed by atoms with van der Waals surface area (Å²) in [6.07, 6.45) is 5.64. The second kappa shape index (κ2) is 7.52. The molecule has 10 heteroatoms. The van der Waals surface area contributed by atoms with E-state index in [1.807, 2.05) is 10.9 Å². The third-order valence-corrected chi connectivity index (χ3v) is 4.82. The van der Waals surface area contributed by atoms with E-state index in [4.69, 9.17) is 10.5 Å². The number of hydrogen-bond acceptors (Lipinski definition) is 7. The summed E-state index contributed by atoms with van der Waals surface area (Å²) in [5.41, 5.74) is 7.15. The number of ether oxygens (including phenoxy) is 1. The average Bonchev–Trinajstić information content (AvgIpc) is 3.29. The molecule has 9 nitrogen and oxygen atoms in total. The Hall–Kier alpha value is -3.27. The summed E-state index contributed by atoms with van der Waals surface area (Å²) in [5, 5.41) is 19.1. The Morgan fingerprint density at radius 2 is 2.07 bits per heavy atom. The van der Waals surface area contributed by atoms with Crippen molar-refractivity contribution in [2.45, 2.75) is 45.3 Å². The third-order valence-electron chi connectivity index (χ3n) is 4.82. The zero-order valence-corrected chi connectivity index (χ0v) is 17.1. The number of nitrogen functional groups attached to an aromatic ring is 1. The van der Waals surface area contributed by atoms with Crippen molar-refractivity contribution in [2.75, 3.05) is 12.8 Å². The van der Waals surface area contributed by atoms with Crippen molar-refractivity contribution >= 4 is 22.5 Å². The molecule has 0 amide bonds. The maximum absolute atomic E-state index is 14.0. The molecule has 0 fully saturated rings. The first-order valence-electron chi connectivity index (χ1n) is 9.65. The zero-order valence-electron chi connectivity index (χ0n) is 17.1. The number of rotatable bonds is 7. The highest BCUT2D eigenvalue weighted by Crippen LogP contribution is 2.29. The average molecular weight is 413 g/mol. The Morgan fingerprint density at radius 1 is 1.27 bits per heavy atom. The highest BCUT2D eigenvalue weighted by molar-refractivity contribution is 5.95. The summed E-state index contributed by atoms with van der Waals surface area (Å²) in [4.78, 5) is 8.86. The Morgan fingerprint density at radius 3 is 2.80 bits per heavy atom. The van der Waals surface area contributed by atoms with Crippen molar-refractivity contribution in [3.8, 4) is 5.75 Å². The van der Waals surface area contributed by atoms with Crippen molar-refractivity contribution in [1.29, 1.82) is 0 Å². The monoisotopic (exact) mass is 413 g/mol. The fourth-order valence-corrected chi connectivity index (χ4v) is 3.42. The highest BCUT2D eigenvalue weighted by atomic mass is 19.1. The topological polar surface area (TPSA) is 116 Å². The van der Waals surface area contributed by atoms with E-state index in [0.29, 0.717) is 41.8 Å². The molecule has 30 heavy (non-hydrogen) atoms. The van der Waals surface area contributed by atoms with Gasteiger partial charge >= 0.3 is 0 Å². The van der Waals surface area contributed by atoms with Crippen LogP contribution in [0.25, 0.3) is 16.6 Å². The van der Waals surface area contributed by atoms with Crippen LogP contribution < -0.4 is 10.5 Å². The zero-order chi connectivity index (χ0) is 21.5. The maximum Gasteiger partial charge on any atom is 0.223 e. The van der Waals surface area contributed by atoms with Crippen LogP contribution in [0.3, 0.4) is 0 Å². The third kappa shape index (κ3) is 4.04. The van der Waals surface area contributed by atoms with Gasteiger partial charge in [-0.25, -0.2) is 14.4 Å². The van der Waals surface area contributed by atoms with Crippen molar-refractivity contribution in [1.82, 2.24) is 29.4 Å². The van der Waals surface area contributed by atoms with Crippen molar-refractivity contribution in [3.63, 3.8) is 0 Å². The van der Waals surface area contributed by atoms with Gasteiger partial charge in [-0.15, -0.1) is 5.10 Å². The van der Waals surface area contributed by atoms with Crippen LogP contribution in [0.15, 0.2) is 24.5 Å². The molecule has 0 saturated carbocycles. The lowest BCUT2D eigenvalue weighted by Crippen LogP contribution is -2.18. The van der Waals surface area contributed by atoms with Gasteiger partial charge in [-0.05, 0) is 38.3 Å². The van der Waals surface area contributed by atoms with Gasteiger partial charge in [-0.3, -0.25) is 4.68 Å². The van der Waals surface area contributed by atoms with Gasteiger partial charge in [-0.1, -0.05) is 0 Å². The van der Waals surface area contributed by atoms with Gasteiger partial charge in [0.2, 0.25) is 5.95 Å². The van der Waals surface area contributed by atoms with E-state index in [-0.39, 0.29) is 11.7 Å². The fourth-order valence-electron chi connectivity index (χ4n) is 3.42. The number of methoxy groups -OCH3 is 1. The molecule has 0 aliphatic heterocycles. The minimum atomic E-state index is -0.685. The number of hydrogen-bond donors (Lipinski definition) is 2. The number of fused-ring (bicyclic) bond motifs is 3. The first-order valence-corrected chi connectivity index (χ1v) is 9.65.